The largest absolute Gasteiger partial charge is 0.504 e. The Bertz CT molecular complexity index is 2190. The number of methoxy groups -OCH3 is 3. The van der Waals surface area contributed by atoms with Gasteiger partial charge in [0.25, 0.3) is 0 Å². The van der Waals surface area contributed by atoms with E-state index < -0.39 is 5.97 Å². The molecular weight excluding hydrogens is 705 g/mol. The molecule has 0 saturated carbocycles. The van der Waals surface area contributed by atoms with Crippen molar-refractivity contribution in [2.45, 2.75) is 44.4 Å². The Hall–Kier alpha value is -5.23. The maximum atomic E-state index is 13.1. The highest BCUT2D eigenvalue weighted by Gasteiger charge is 2.37. The summed E-state index contributed by atoms with van der Waals surface area (Å²) in [6.45, 7) is 1.56. The number of phenolic OH excluding ortho intramolecular Hbond substituents is 1. The minimum atomic E-state index is -0.406. The van der Waals surface area contributed by atoms with Crippen LogP contribution in [0, 0.1) is 0 Å². The summed E-state index contributed by atoms with van der Waals surface area (Å²) in [4.78, 5) is 18.3. The Morgan fingerprint density at radius 3 is 2.31 bits per heavy atom. The first-order chi connectivity index (χ1) is 26.3. The molecule has 2 atom stereocenters. The highest BCUT2D eigenvalue weighted by atomic mass is 32.1. The van der Waals surface area contributed by atoms with Gasteiger partial charge in [0, 0.05) is 36.3 Å². The van der Waals surface area contributed by atoms with Gasteiger partial charge in [-0.15, -0.1) is 11.3 Å². The van der Waals surface area contributed by atoms with Gasteiger partial charge >= 0.3 is 5.97 Å². The van der Waals surface area contributed by atoms with Crippen molar-refractivity contribution in [2.24, 2.45) is 0 Å². The Morgan fingerprint density at radius 2 is 1.57 bits per heavy atom. The molecule has 11 heteroatoms. The third-order valence-electron chi connectivity index (χ3n) is 11.0. The fourth-order valence-corrected chi connectivity index (χ4v) is 8.73. The van der Waals surface area contributed by atoms with E-state index in [0.29, 0.717) is 58.0 Å². The van der Waals surface area contributed by atoms with E-state index in [0.717, 1.165) is 64.9 Å². The predicted octanol–water partition coefficient (Wildman–Crippen LogP) is 8.28. The van der Waals surface area contributed by atoms with Crippen LogP contribution in [0.15, 0.2) is 72.1 Å². The van der Waals surface area contributed by atoms with Crippen molar-refractivity contribution >= 4 is 17.3 Å². The number of fused-ring (bicyclic) bond motifs is 2. The van der Waals surface area contributed by atoms with Gasteiger partial charge in [-0.25, -0.2) is 4.79 Å². The molecule has 0 amide bonds. The number of carbonyl (C=O) groups is 1. The molecule has 0 unspecified atom stereocenters. The number of benzene rings is 4. The number of carbonyl (C=O) groups excluding carboxylic acids is 1. The molecule has 4 aromatic carbocycles. The van der Waals surface area contributed by atoms with Crippen molar-refractivity contribution in [2.75, 3.05) is 48.5 Å². The van der Waals surface area contributed by atoms with E-state index in [2.05, 4.69) is 36.0 Å². The summed E-state index contributed by atoms with van der Waals surface area (Å²) in [7, 11) is 9.03. The molecule has 6 bridgehead atoms. The molecule has 0 aliphatic carbocycles. The summed E-state index contributed by atoms with van der Waals surface area (Å²) in [5.74, 6) is 3.17. The summed E-state index contributed by atoms with van der Waals surface area (Å²) in [5.41, 5.74) is 6.92. The molecule has 0 spiro atoms. The van der Waals surface area contributed by atoms with Gasteiger partial charge < -0.3 is 33.5 Å². The average Bonchev–Trinajstić information content (AvgIpc) is 3.73. The highest BCUT2D eigenvalue weighted by Crippen LogP contribution is 2.54. The molecule has 5 aromatic rings. The summed E-state index contributed by atoms with van der Waals surface area (Å²) in [6, 6.07) is 21.5. The zero-order valence-electron chi connectivity index (χ0n) is 31.1. The van der Waals surface area contributed by atoms with Crippen LogP contribution in [0.1, 0.15) is 60.7 Å². The van der Waals surface area contributed by atoms with E-state index in [1.54, 1.807) is 27.4 Å². The molecule has 1 N–H and O–H groups in total. The molecule has 4 aliphatic rings. The maximum Gasteiger partial charge on any atom is 0.348 e. The van der Waals surface area contributed by atoms with E-state index >= 15 is 0 Å². The Kier molecular flexibility index (Phi) is 9.87. The van der Waals surface area contributed by atoms with E-state index in [1.807, 2.05) is 53.9 Å². The Morgan fingerprint density at radius 1 is 0.833 bits per heavy atom. The van der Waals surface area contributed by atoms with Crippen molar-refractivity contribution in [3.63, 3.8) is 0 Å². The number of ether oxygens (including phenoxy) is 6. The summed E-state index contributed by atoms with van der Waals surface area (Å²) < 4.78 is 37.3. The van der Waals surface area contributed by atoms with Crippen LogP contribution in [0.25, 0.3) is 0 Å². The van der Waals surface area contributed by atoms with Crippen molar-refractivity contribution in [1.29, 1.82) is 0 Å². The number of nitrogens with zero attached hydrogens (tertiary/aromatic N) is 2. The first-order valence-electron chi connectivity index (χ1n) is 18.1. The molecule has 9 rings (SSSR count). The van der Waals surface area contributed by atoms with Crippen molar-refractivity contribution in [3.8, 4) is 46.0 Å². The lowest BCUT2D eigenvalue weighted by Crippen LogP contribution is -2.35. The molecular formula is C43H44N2O8S. The smallest absolute Gasteiger partial charge is 0.348 e. The second-order valence-electron chi connectivity index (χ2n) is 14.1. The average molecular weight is 749 g/mol. The fraction of sp³-hybridized carbons (Fsp3) is 0.326. The quantitative estimate of drug-likeness (QED) is 0.171. The van der Waals surface area contributed by atoms with Gasteiger partial charge in [-0.05, 0) is 115 Å². The van der Waals surface area contributed by atoms with Crippen LogP contribution in [-0.2, 0) is 37.0 Å². The van der Waals surface area contributed by atoms with Gasteiger partial charge in [0.15, 0.2) is 34.5 Å². The zero-order valence-corrected chi connectivity index (χ0v) is 32.0. The van der Waals surface area contributed by atoms with Gasteiger partial charge in [-0.3, -0.25) is 9.80 Å². The number of rotatable bonds is 6. The van der Waals surface area contributed by atoms with Crippen LogP contribution in [-0.4, -0.2) is 69.4 Å². The molecule has 280 valence electrons. The van der Waals surface area contributed by atoms with Crippen LogP contribution >= 0.6 is 11.3 Å². The molecule has 0 fully saturated rings. The lowest BCUT2D eigenvalue weighted by Gasteiger charge is -2.38. The van der Waals surface area contributed by atoms with Crippen molar-refractivity contribution in [3.05, 3.63) is 116 Å². The predicted molar refractivity (Wildman–Crippen MR) is 206 cm³/mol. The molecule has 0 saturated heterocycles. The van der Waals surface area contributed by atoms with Gasteiger partial charge in [0.2, 0.25) is 5.75 Å². The topological polar surface area (TPSA) is 99.2 Å². The monoisotopic (exact) mass is 748 g/mol. The molecule has 5 heterocycles. The normalized spacial score (nSPS) is 18.0. The standard InChI is InChI=1S/C43H44N2O8S/c1-44-16-14-27-22-34(46)36-23-30(27)32(44)19-25-8-11-28(12-9-25)52-37-21-26(10-13-35(37)48-3)20-33-39-29(15-17-45(33)2)31(24-51-43(47)38-7-6-18-54-38)40(49-4)42(50-5)41(39)53-36/h6-13,18,21-23,32-33,46H,14-17,19-20,24H2,1-5H3/t32-,33-/m0/s1. The first-order valence-corrected chi connectivity index (χ1v) is 19.0. The summed E-state index contributed by atoms with van der Waals surface area (Å²) >= 11 is 1.33. The molecule has 0 radical (unpaired) electrons. The van der Waals surface area contributed by atoms with Crippen molar-refractivity contribution < 1.29 is 38.3 Å². The van der Waals surface area contributed by atoms with E-state index in [1.165, 1.54) is 11.3 Å². The third-order valence-corrected chi connectivity index (χ3v) is 11.8. The molecule has 10 nitrogen and oxygen atoms in total. The zero-order chi connectivity index (χ0) is 37.5. The lowest BCUT2D eigenvalue weighted by atomic mass is 9.84. The van der Waals surface area contributed by atoms with E-state index in [4.69, 9.17) is 28.4 Å². The SMILES string of the molecule is COc1ccc2cc1Oc1ccc(cc1)C[C@H]1c3cc(c(O)cc3CCN1C)Oc1c(OC)c(OC)c(COC(=O)c3cccs3)c3c1[C@H](C2)N(C)CC3. The molecule has 4 aliphatic heterocycles. The van der Waals surface area contributed by atoms with Crippen LogP contribution in [0.3, 0.4) is 0 Å². The second kappa shape index (κ2) is 14.9. The summed E-state index contributed by atoms with van der Waals surface area (Å²) in [5, 5.41) is 13.4. The minimum Gasteiger partial charge on any atom is -0.504 e. The lowest BCUT2D eigenvalue weighted by molar-refractivity contribution is 0.0473. The van der Waals surface area contributed by atoms with E-state index in [9.17, 15) is 9.90 Å². The van der Waals surface area contributed by atoms with Crippen LogP contribution < -0.4 is 23.7 Å². The van der Waals surface area contributed by atoms with E-state index in [-0.39, 0.29) is 24.4 Å². The first kappa shape index (κ1) is 35.8. The summed E-state index contributed by atoms with van der Waals surface area (Å²) in [6.07, 6.45) is 2.78. The number of likely N-dealkylation sites (N-methyl/N-ethyl adjacent to an activating group) is 2. The maximum absolute atomic E-state index is 13.1. The minimum absolute atomic E-state index is 0.0214. The third kappa shape index (κ3) is 6.61. The fourth-order valence-electron chi connectivity index (χ4n) is 8.11. The number of hydrogen-bond acceptors (Lipinski definition) is 11. The number of aromatic hydroxyl groups is 1. The Balaban J connectivity index is 1.34. The number of esters is 1. The van der Waals surface area contributed by atoms with Crippen LogP contribution in [0.2, 0.25) is 0 Å². The number of thiophene rings is 1. The molecule has 1 aromatic heterocycles. The Labute approximate surface area is 319 Å². The van der Waals surface area contributed by atoms with Gasteiger partial charge in [-0.1, -0.05) is 24.3 Å². The van der Waals surface area contributed by atoms with Gasteiger partial charge in [-0.2, -0.15) is 0 Å². The van der Waals surface area contributed by atoms with Crippen LogP contribution in [0.5, 0.6) is 46.0 Å². The number of hydrogen-bond donors (Lipinski definition) is 1. The van der Waals surface area contributed by atoms with Crippen LogP contribution in [0.4, 0.5) is 0 Å². The molecule has 54 heavy (non-hydrogen) atoms. The van der Waals surface area contributed by atoms with Gasteiger partial charge in [0.05, 0.1) is 21.3 Å². The second-order valence-corrected chi connectivity index (χ2v) is 15.0. The highest BCUT2D eigenvalue weighted by molar-refractivity contribution is 7.11. The van der Waals surface area contributed by atoms with Crippen molar-refractivity contribution in [1.82, 2.24) is 9.80 Å². The van der Waals surface area contributed by atoms with Gasteiger partial charge in [0.1, 0.15) is 17.2 Å². The number of phenols is 1.